The highest BCUT2D eigenvalue weighted by molar-refractivity contribution is 8.00. The maximum absolute atomic E-state index is 10.6. The van der Waals surface area contributed by atoms with Gasteiger partial charge in [0, 0.05) is 0 Å². The van der Waals surface area contributed by atoms with E-state index in [0.717, 1.165) is 4.34 Å². The standard InChI is InChI=1S/C8H6N2O3S2/c11-7(12)5-1-6(13-2-5)3-14-8-9-4-10-15-8/h1-2,4H,3H2,(H,11,12). The van der Waals surface area contributed by atoms with Gasteiger partial charge >= 0.3 is 5.97 Å². The molecule has 2 aromatic heterocycles. The fourth-order valence-corrected chi connectivity index (χ4v) is 2.26. The van der Waals surface area contributed by atoms with Crippen LogP contribution < -0.4 is 0 Å². The minimum absolute atomic E-state index is 0.169. The first-order valence-corrected chi connectivity index (χ1v) is 5.72. The highest BCUT2D eigenvalue weighted by Crippen LogP contribution is 2.24. The van der Waals surface area contributed by atoms with Gasteiger partial charge in [0.15, 0.2) is 4.34 Å². The first-order valence-electron chi connectivity index (χ1n) is 3.96. The third kappa shape index (κ3) is 2.57. The van der Waals surface area contributed by atoms with Crippen molar-refractivity contribution in [1.82, 2.24) is 9.36 Å². The number of furan rings is 1. The summed E-state index contributed by atoms with van der Waals surface area (Å²) >= 11 is 2.76. The molecule has 0 fully saturated rings. The Kier molecular flexibility index (Phi) is 3.02. The van der Waals surface area contributed by atoms with Crippen LogP contribution >= 0.6 is 23.3 Å². The second kappa shape index (κ2) is 4.45. The van der Waals surface area contributed by atoms with Gasteiger partial charge in [0.05, 0.1) is 11.3 Å². The highest BCUT2D eigenvalue weighted by Gasteiger charge is 2.08. The number of rotatable bonds is 4. The maximum atomic E-state index is 10.6. The molecule has 0 spiro atoms. The minimum Gasteiger partial charge on any atom is -0.478 e. The topological polar surface area (TPSA) is 76.2 Å². The molecule has 0 amide bonds. The molecule has 0 aliphatic carbocycles. The molecule has 0 atom stereocenters. The number of carboxylic acid groups (broad SMARTS) is 1. The van der Waals surface area contributed by atoms with Crippen LogP contribution in [-0.2, 0) is 5.75 Å². The van der Waals surface area contributed by atoms with E-state index in [0.29, 0.717) is 11.5 Å². The first-order chi connectivity index (χ1) is 7.25. The van der Waals surface area contributed by atoms with Gasteiger partial charge in [0.2, 0.25) is 0 Å². The van der Waals surface area contributed by atoms with Crippen molar-refractivity contribution < 1.29 is 14.3 Å². The quantitative estimate of drug-likeness (QED) is 0.827. The Balaban J connectivity index is 1.96. The van der Waals surface area contributed by atoms with Crippen molar-refractivity contribution in [3.05, 3.63) is 30.0 Å². The Hall–Kier alpha value is -1.34. The molecule has 0 aliphatic heterocycles. The summed E-state index contributed by atoms with van der Waals surface area (Å²) < 4.78 is 9.77. The van der Waals surface area contributed by atoms with Crippen molar-refractivity contribution in [3.8, 4) is 0 Å². The molecule has 0 aromatic carbocycles. The van der Waals surface area contributed by atoms with Crippen molar-refractivity contribution in [2.75, 3.05) is 0 Å². The zero-order valence-electron chi connectivity index (χ0n) is 7.41. The van der Waals surface area contributed by atoms with E-state index < -0.39 is 5.97 Å². The summed E-state index contributed by atoms with van der Waals surface area (Å²) in [6.07, 6.45) is 2.72. The van der Waals surface area contributed by atoms with Crippen LogP contribution in [0.25, 0.3) is 0 Å². The maximum Gasteiger partial charge on any atom is 0.338 e. The van der Waals surface area contributed by atoms with E-state index in [1.165, 1.54) is 42.0 Å². The molecule has 0 aliphatic rings. The van der Waals surface area contributed by atoms with Crippen molar-refractivity contribution in [2.45, 2.75) is 10.1 Å². The number of aromatic nitrogens is 2. The second-order valence-electron chi connectivity index (χ2n) is 2.60. The summed E-state index contributed by atoms with van der Waals surface area (Å²) in [6, 6.07) is 1.51. The molecule has 1 N–H and O–H groups in total. The van der Waals surface area contributed by atoms with Gasteiger partial charge in [0.25, 0.3) is 0 Å². The minimum atomic E-state index is -0.981. The summed E-state index contributed by atoms with van der Waals surface area (Å²) in [5.41, 5.74) is 0.169. The largest absolute Gasteiger partial charge is 0.478 e. The molecule has 7 heteroatoms. The highest BCUT2D eigenvalue weighted by atomic mass is 32.2. The van der Waals surface area contributed by atoms with Gasteiger partial charge in [-0.15, -0.1) is 0 Å². The zero-order valence-corrected chi connectivity index (χ0v) is 9.05. The van der Waals surface area contributed by atoms with Gasteiger partial charge < -0.3 is 9.52 Å². The number of hydrogen-bond donors (Lipinski definition) is 1. The fourth-order valence-electron chi connectivity index (χ4n) is 0.928. The Morgan fingerprint density at radius 1 is 1.67 bits per heavy atom. The van der Waals surface area contributed by atoms with Gasteiger partial charge in [-0.05, 0) is 17.6 Å². The Morgan fingerprint density at radius 3 is 3.13 bits per heavy atom. The third-order valence-electron chi connectivity index (χ3n) is 1.58. The fraction of sp³-hybridized carbons (Fsp3) is 0.125. The second-order valence-corrected chi connectivity index (χ2v) is 4.61. The monoisotopic (exact) mass is 242 g/mol. The van der Waals surface area contributed by atoms with Crippen LogP contribution in [0.15, 0.2) is 27.4 Å². The average molecular weight is 242 g/mol. The van der Waals surface area contributed by atoms with Crippen LogP contribution in [0.1, 0.15) is 16.1 Å². The first kappa shape index (κ1) is 10.2. The molecule has 0 unspecified atom stereocenters. The smallest absolute Gasteiger partial charge is 0.338 e. The van der Waals surface area contributed by atoms with Crippen LogP contribution in [0.5, 0.6) is 0 Å². The Morgan fingerprint density at radius 2 is 2.53 bits per heavy atom. The lowest BCUT2D eigenvalue weighted by atomic mass is 10.3. The molecule has 15 heavy (non-hydrogen) atoms. The van der Waals surface area contributed by atoms with E-state index in [1.807, 2.05) is 0 Å². The molecule has 2 heterocycles. The lowest BCUT2D eigenvalue weighted by Crippen LogP contribution is -1.91. The number of carbonyl (C=O) groups is 1. The summed E-state index contributed by atoms with van der Waals surface area (Å²) in [5.74, 6) is 0.196. The Bertz CT molecular complexity index is 452. The number of carboxylic acids is 1. The van der Waals surface area contributed by atoms with Crippen LogP contribution in [0.3, 0.4) is 0 Å². The predicted molar refractivity (Wildman–Crippen MR) is 55.1 cm³/mol. The van der Waals surface area contributed by atoms with Gasteiger partial charge in [0.1, 0.15) is 18.4 Å². The summed E-state index contributed by atoms with van der Waals surface area (Å²) in [5, 5.41) is 8.66. The van der Waals surface area contributed by atoms with E-state index >= 15 is 0 Å². The van der Waals surface area contributed by atoms with Crippen molar-refractivity contribution in [3.63, 3.8) is 0 Å². The predicted octanol–water partition coefficient (Wildman–Crippen LogP) is 2.12. The van der Waals surface area contributed by atoms with Gasteiger partial charge in [-0.3, -0.25) is 0 Å². The zero-order chi connectivity index (χ0) is 10.7. The summed E-state index contributed by atoms with van der Waals surface area (Å²) in [4.78, 5) is 14.5. The molecular formula is C8H6N2O3S2. The number of thioether (sulfide) groups is 1. The Labute approximate surface area is 93.3 Å². The molecule has 2 aromatic rings. The van der Waals surface area contributed by atoms with E-state index in [4.69, 9.17) is 9.52 Å². The van der Waals surface area contributed by atoms with E-state index in [9.17, 15) is 4.79 Å². The molecular weight excluding hydrogens is 236 g/mol. The van der Waals surface area contributed by atoms with Crippen molar-refractivity contribution in [2.24, 2.45) is 0 Å². The normalized spacial score (nSPS) is 10.4. The lowest BCUT2D eigenvalue weighted by molar-refractivity contribution is 0.0696. The van der Waals surface area contributed by atoms with E-state index in [1.54, 1.807) is 0 Å². The van der Waals surface area contributed by atoms with Crippen LogP contribution in [0, 0.1) is 0 Å². The number of aromatic carboxylic acids is 1. The third-order valence-corrected chi connectivity index (χ3v) is 3.40. The lowest BCUT2D eigenvalue weighted by Gasteiger charge is -1.91. The summed E-state index contributed by atoms with van der Waals surface area (Å²) in [7, 11) is 0. The van der Waals surface area contributed by atoms with Gasteiger partial charge in [-0.1, -0.05) is 11.8 Å². The van der Waals surface area contributed by atoms with Crippen LogP contribution in [0.4, 0.5) is 0 Å². The molecule has 78 valence electrons. The number of nitrogens with zero attached hydrogens (tertiary/aromatic N) is 2. The molecule has 0 radical (unpaired) electrons. The molecule has 0 bridgehead atoms. The van der Waals surface area contributed by atoms with Crippen molar-refractivity contribution >= 4 is 29.3 Å². The molecule has 5 nitrogen and oxygen atoms in total. The van der Waals surface area contributed by atoms with Gasteiger partial charge in [-0.25, -0.2) is 9.78 Å². The average Bonchev–Trinajstić information content (AvgIpc) is 2.86. The molecule has 0 saturated carbocycles. The molecule has 2 rings (SSSR count). The van der Waals surface area contributed by atoms with Crippen LogP contribution in [-0.4, -0.2) is 20.4 Å². The number of hydrogen-bond acceptors (Lipinski definition) is 6. The van der Waals surface area contributed by atoms with Crippen molar-refractivity contribution in [1.29, 1.82) is 0 Å². The SMILES string of the molecule is O=C(O)c1coc(CSc2ncns2)c1. The molecule has 0 saturated heterocycles. The summed E-state index contributed by atoms with van der Waals surface area (Å²) in [6.45, 7) is 0. The van der Waals surface area contributed by atoms with E-state index in [-0.39, 0.29) is 5.56 Å². The van der Waals surface area contributed by atoms with Crippen LogP contribution in [0.2, 0.25) is 0 Å². The van der Waals surface area contributed by atoms with E-state index in [2.05, 4.69) is 9.36 Å². The van der Waals surface area contributed by atoms with Gasteiger partial charge in [-0.2, -0.15) is 4.37 Å².